The fourth-order valence-corrected chi connectivity index (χ4v) is 2.46. The van der Waals surface area contributed by atoms with Gasteiger partial charge in [0.05, 0.1) is 18.4 Å². The van der Waals surface area contributed by atoms with Crippen LogP contribution in [-0.2, 0) is 9.53 Å². The first-order valence-electron chi connectivity index (χ1n) is 4.88. The van der Waals surface area contributed by atoms with Gasteiger partial charge in [-0.15, -0.1) is 0 Å². The number of ether oxygens (including phenoxy) is 1. The van der Waals surface area contributed by atoms with Crippen LogP contribution in [0.3, 0.4) is 0 Å². The van der Waals surface area contributed by atoms with Crippen LogP contribution in [-0.4, -0.2) is 11.6 Å². The Morgan fingerprint density at radius 2 is 2.08 bits per heavy atom. The molecule has 2 fully saturated rings. The van der Waals surface area contributed by atoms with Crippen LogP contribution in [0.25, 0.3) is 0 Å². The number of nitriles is 1. The van der Waals surface area contributed by atoms with Gasteiger partial charge in [-0.2, -0.15) is 5.26 Å². The minimum absolute atomic E-state index is 0.187. The maximum Gasteiger partial charge on any atom is 0.307 e. The van der Waals surface area contributed by atoms with E-state index in [-0.39, 0.29) is 11.9 Å². The second-order valence-corrected chi connectivity index (χ2v) is 3.99. The maximum atomic E-state index is 11.1. The molecule has 0 unspecified atom stereocenters. The molecule has 3 nitrogen and oxygen atoms in total. The zero-order chi connectivity index (χ0) is 9.31. The van der Waals surface area contributed by atoms with Gasteiger partial charge in [-0.25, -0.2) is 0 Å². The van der Waals surface area contributed by atoms with Crippen LogP contribution in [0.1, 0.15) is 38.5 Å². The van der Waals surface area contributed by atoms with E-state index >= 15 is 0 Å². The fraction of sp³-hybridized carbons (Fsp3) is 0.800. The molecule has 1 atom stereocenters. The highest BCUT2D eigenvalue weighted by molar-refractivity contribution is 5.73. The van der Waals surface area contributed by atoms with Crippen LogP contribution in [0.15, 0.2) is 0 Å². The lowest BCUT2D eigenvalue weighted by atomic mass is 9.76. The smallest absolute Gasteiger partial charge is 0.307 e. The highest BCUT2D eigenvalue weighted by atomic mass is 16.6. The summed E-state index contributed by atoms with van der Waals surface area (Å²) < 4.78 is 5.33. The summed E-state index contributed by atoms with van der Waals surface area (Å²) in [5.74, 6) is -0.381. The molecule has 2 rings (SSSR count). The summed E-state index contributed by atoms with van der Waals surface area (Å²) in [7, 11) is 0. The molecule has 1 heterocycles. The van der Waals surface area contributed by atoms with Gasteiger partial charge in [-0.3, -0.25) is 4.79 Å². The topological polar surface area (TPSA) is 50.1 Å². The Morgan fingerprint density at radius 3 is 2.69 bits per heavy atom. The Labute approximate surface area is 77.7 Å². The normalized spacial score (nSPS) is 31.3. The molecule has 0 amide bonds. The summed E-state index contributed by atoms with van der Waals surface area (Å²) in [6, 6.07) is 2.21. The van der Waals surface area contributed by atoms with Crippen molar-refractivity contribution in [2.45, 2.75) is 44.1 Å². The van der Waals surface area contributed by atoms with Crippen molar-refractivity contribution in [1.82, 2.24) is 0 Å². The van der Waals surface area contributed by atoms with Gasteiger partial charge in [0.2, 0.25) is 0 Å². The van der Waals surface area contributed by atoms with E-state index in [0.717, 1.165) is 25.7 Å². The predicted octanol–water partition coefficient (Wildman–Crippen LogP) is 1.78. The average molecular weight is 179 g/mol. The molecule has 0 N–H and O–H groups in total. The summed E-state index contributed by atoms with van der Waals surface area (Å²) in [6.07, 6.45) is 5.46. The monoisotopic (exact) mass is 179 g/mol. The Balaban J connectivity index is 2.19. The van der Waals surface area contributed by atoms with Gasteiger partial charge in [0, 0.05) is 0 Å². The van der Waals surface area contributed by atoms with Crippen LogP contribution >= 0.6 is 0 Å². The number of carbonyl (C=O) groups is 1. The summed E-state index contributed by atoms with van der Waals surface area (Å²) in [6.45, 7) is 0. The highest BCUT2D eigenvalue weighted by Crippen LogP contribution is 2.43. The van der Waals surface area contributed by atoms with Gasteiger partial charge in [-0.1, -0.05) is 6.42 Å². The largest absolute Gasteiger partial charge is 0.458 e. The molecule has 1 saturated heterocycles. The van der Waals surface area contributed by atoms with Crippen LogP contribution in [0, 0.1) is 17.2 Å². The Morgan fingerprint density at radius 1 is 1.38 bits per heavy atom. The first-order valence-corrected chi connectivity index (χ1v) is 4.88. The van der Waals surface area contributed by atoms with E-state index in [4.69, 9.17) is 10.00 Å². The quantitative estimate of drug-likeness (QED) is 0.532. The fourth-order valence-electron chi connectivity index (χ4n) is 2.46. The lowest BCUT2D eigenvalue weighted by Crippen LogP contribution is -2.37. The van der Waals surface area contributed by atoms with Gasteiger partial charge in [0.1, 0.15) is 5.60 Å². The average Bonchev–Trinajstić information content (AvgIpc) is 2.43. The molecule has 0 bridgehead atoms. The molecule has 70 valence electrons. The number of nitrogens with zero attached hydrogens (tertiary/aromatic N) is 1. The first-order chi connectivity index (χ1) is 6.27. The SMILES string of the molecule is N#C[C@H]1CC(=O)OC12CCCCC2. The summed E-state index contributed by atoms with van der Waals surface area (Å²) >= 11 is 0. The summed E-state index contributed by atoms with van der Waals surface area (Å²) in [4.78, 5) is 11.1. The minimum atomic E-state index is -0.399. The standard InChI is InChI=1S/C10H13NO2/c11-7-8-6-9(12)13-10(8)4-2-1-3-5-10/h8H,1-6H2/t8-/m1/s1. The van der Waals surface area contributed by atoms with E-state index in [1.807, 2.05) is 0 Å². The van der Waals surface area contributed by atoms with Gasteiger partial charge in [0.25, 0.3) is 0 Å². The van der Waals surface area contributed by atoms with Crippen LogP contribution in [0.2, 0.25) is 0 Å². The molecule has 1 aliphatic carbocycles. The van der Waals surface area contributed by atoms with Crippen LogP contribution < -0.4 is 0 Å². The minimum Gasteiger partial charge on any atom is -0.458 e. The van der Waals surface area contributed by atoms with Gasteiger partial charge in [-0.05, 0) is 25.7 Å². The molecule has 3 heteroatoms. The van der Waals surface area contributed by atoms with E-state index in [1.165, 1.54) is 6.42 Å². The third kappa shape index (κ3) is 1.31. The molecule has 0 aromatic heterocycles. The van der Waals surface area contributed by atoms with Crippen molar-refractivity contribution in [3.8, 4) is 6.07 Å². The van der Waals surface area contributed by atoms with Gasteiger partial charge < -0.3 is 4.74 Å². The molecule has 0 aromatic rings. The molecule has 1 spiro atoms. The van der Waals surface area contributed by atoms with Crippen molar-refractivity contribution < 1.29 is 9.53 Å². The first kappa shape index (κ1) is 8.55. The summed E-state index contributed by atoms with van der Waals surface area (Å²) in [5, 5.41) is 8.92. The molecular weight excluding hydrogens is 166 g/mol. The van der Waals surface area contributed by atoms with E-state index in [0.29, 0.717) is 6.42 Å². The molecule has 2 aliphatic rings. The van der Waals surface area contributed by atoms with Crippen LogP contribution in [0.4, 0.5) is 0 Å². The van der Waals surface area contributed by atoms with Crippen molar-refractivity contribution in [3.05, 3.63) is 0 Å². The lowest BCUT2D eigenvalue weighted by Gasteiger charge is -2.33. The highest BCUT2D eigenvalue weighted by Gasteiger charge is 2.49. The molecular formula is C10H13NO2. The van der Waals surface area contributed by atoms with Crippen LogP contribution in [0.5, 0.6) is 0 Å². The number of carbonyl (C=O) groups excluding carboxylic acids is 1. The van der Waals surface area contributed by atoms with E-state index in [9.17, 15) is 4.79 Å². The number of hydrogen-bond donors (Lipinski definition) is 0. The number of hydrogen-bond acceptors (Lipinski definition) is 3. The zero-order valence-corrected chi connectivity index (χ0v) is 7.58. The molecule has 0 radical (unpaired) electrons. The number of esters is 1. The van der Waals surface area contributed by atoms with Gasteiger partial charge >= 0.3 is 5.97 Å². The van der Waals surface area contributed by atoms with E-state index < -0.39 is 5.60 Å². The second-order valence-electron chi connectivity index (χ2n) is 3.99. The van der Waals surface area contributed by atoms with E-state index in [1.54, 1.807) is 0 Å². The third-order valence-electron chi connectivity index (χ3n) is 3.18. The molecule has 13 heavy (non-hydrogen) atoms. The number of rotatable bonds is 0. The Hall–Kier alpha value is -1.04. The second kappa shape index (κ2) is 3.02. The zero-order valence-electron chi connectivity index (χ0n) is 7.58. The lowest BCUT2D eigenvalue weighted by molar-refractivity contribution is -0.151. The van der Waals surface area contributed by atoms with E-state index in [2.05, 4.69) is 6.07 Å². The van der Waals surface area contributed by atoms with Gasteiger partial charge in [0.15, 0.2) is 0 Å². The maximum absolute atomic E-state index is 11.1. The molecule has 1 saturated carbocycles. The Kier molecular flexibility index (Phi) is 1.99. The Bertz CT molecular complexity index is 261. The van der Waals surface area contributed by atoms with Crippen molar-refractivity contribution in [3.63, 3.8) is 0 Å². The summed E-state index contributed by atoms with van der Waals surface area (Å²) in [5.41, 5.74) is -0.399. The predicted molar refractivity (Wildman–Crippen MR) is 45.6 cm³/mol. The van der Waals surface area contributed by atoms with Crippen molar-refractivity contribution in [1.29, 1.82) is 5.26 Å². The van der Waals surface area contributed by atoms with Crippen molar-refractivity contribution in [2.75, 3.05) is 0 Å². The van der Waals surface area contributed by atoms with Crippen molar-refractivity contribution >= 4 is 5.97 Å². The molecule has 0 aromatic carbocycles. The molecule has 1 aliphatic heterocycles. The van der Waals surface area contributed by atoms with Crippen molar-refractivity contribution in [2.24, 2.45) is 5.92 Å². The third-order valence-corrected chi connectivity index (χ3v) is 3.18.